The van der Waals surface area contributed by atoms with Crippen LogP contribution in [0.25, 0.3) is 65.8 Å². The molecule has 0 unspecified atom stereocenters. The van der Waals surface area contributed by atoms with Gasteiger partial charge in [-0.05, 0) is 179 Å². The number of ether oxygens (including phenoxy) is 6. The van der Waals surface area contributed by atoms with Crippen LogP contribution in [0.15, 0.2) is 132 Å². The lowest BCUT2D eigenvalue weighted by Gasteiger charge is -2.25. The van der Waals surface area contributed by atoms with Crippen LogP contribution in [0.4, 0.5) is 51.5 Å². The van der Waals surface area contributed by atoms with Gasteiger partial charge in [0.1, 0.15) is 86.2 Å². The fraction of sp³-hybridized carbons (Fsp3) is 0.398. The second kappa shape index (κ2) is 37.4. The number of hydrogen-bond donors (Lipinski definition) is 9. The third-order valence-electron chi connectivity index (χ3n) is 24.4. The summed E-state index contributed by atoms with van der Waals surface area (Å²) in [6.07, 6.45) is 14.1. The number of carbonyl (C=O) groups is 2. The molecule has 42 heteroatoms. The largest absolute Gasteiger partial charge is 0.505 e. The van der Waals surface area contributed by atoms with Crippen molar-refractivity contribution in [2.75, 3.05) is 99.5 Å². The molecule has 0 radical (unpaired) electrons. The average Bonchev–Trinajstić information content (AvgIpc) is 1.58. The number of aromatic amines is 3. The minimum atomic E-state index is -4.39. The van der Waals surface area contributed by atoms with E-state index in [1.165, 1.54) is 88.8 Å². The molecule has 0 bridgehead atoms. The molecule has 20 rings (SSSR count). The number of benzene rings is 5. The zero-order chi connectivity index (χ0) is 160. The van der Waals surface area contributed by atoms with Crippen molar-refractivity contribution in [3.05, 3.63) is 168 Å². The van der Waals surface area contributed by atoms with Crippen molar-refractivity contribution in [1.82, 2.24) is 80.1 Å². The van der Waals surface area contributed by atoms with E-state index >= 15 is 8.78 Å². The highest BCUT2D eigenvalue weighted by atomic mass is 32.2. The van der Waals surface area contributed by atoms with Gasteiger partial charge in [0.2, 0.25) is 19.7 Å². The molecule has 5 aromatic carbocycles. The summed E-state index contributed by atoms with van der Waals surface area (Å²) >= 11 is 0. The number of halogens is 3. The first-order valence-corrected chi connectivity index (χ1v) is 46.6. The molecule has 37 nitrogen and oxygen atoms in total. The molecule has 6 aliphatic rings. The number of nitrogens with two attached hydrogens (primary N) is 3. The van der Waals surface area contributed by atoms with Gasteiger partial charge >= 0.3 is 24.2 Å². The van der Waals surface area contributed by atoms with Crippen LogP contribution >= 0.6 is 0 Å². The van der Waals surface area contributed by atoms with E-state index < -0.39 is 76.4 Å². The number of rotatable bonds is 17. The van der Waals surface area contributed by atoms with E-state index in [0.29, 0.717) is 114 Å². The summed E-state index contributed by atoms with van der Waals surface area (Å²) in [7, 11) is -1.08. The number of amides is 2. The molecule has 3 aliphatic carbocycles. The number of carbonyl (C=O) groups excluding carboxylic acids is 2. The quantitative estimate of drug-likeness (QED) is 0.0302. The van der Waals surface area contributed by atoms with Crippen LogP contribution in [-0.2, 0) is 40.7 Å². The summed E-state index contributed by atoms with van der Waals surface area (Å²) in [6, 6.07) is 21.6. The van der Waals surface area contributed by atoms with E-state index in [1.807, 2.05) is 0 Å². The van der Waals surface area contributed by atoms with E-state index in [9.17, 15) is 30.8 Å². The van der Waals surface area contributed by atoms with Crippen LogP contribution in [0.2, 0.25) is 0 Å². The summed E-state index contributed by atoms with van der Waals surface area (Å²) in [4.78, 5) is 93.3. The number of methoxy groups -OCH3 is 2. The lowest BCUT2D eigenvalue weighted by atomic mass is 10.1. The standard InChI is InChI=1S/C32H33FN4O8S2.C27H31FN8O3.C22H23FN8O.C6H12N2.C5H6N2O.CH4.32H2/c1-32(2,3)45-31(38)37(4)25-16-21(33)15-24-26-28(34-27(24)25)35-30(47(41,42)18-20-9-13-23(44-6)14-10-20)36-29(26)46(39,40)17-19-7-11-22(43-5)12-8-19;1-14-30-11-16(12-31-14)38-24-33-22-20(23(34-24)36-7-6-27(13-36)10-19(27)29)17-8-15(28)9-18(21(17)32-22)35(5)25(37)39-26(2,3)4;1-11-26-8-13(9-27-11)32-21-29-19-17(14-5-12(23)6-15(25-2)18(14)28-19)20(30-21)31-4-3-22(10-31)7-16(22)24;7-5-3-6(5)1-2-8-4-6;1-4-6-2-5(8)3-7-4;;;;;;;;;;;;;;;;;;;;;;;;;;;;;;;;;/h7-16H,17-18H2,1-6H3,(H,34,35,36);8-9,11-12,19H,6-7,10,13,29H2,1-5H3,(H,32,33,34);5-6,8-9,16,25H,3-4,7,10,24H2,1-2H3,(H,28,29,30);5,8H,1-4,7H2;2-3,8H,1H3;1H4;32*1H/t;19-,27-;16-,22-;5-,6-;;;;;;;;;;;;;;;;;;;;;;;;;;;;;;;;;;/m.000................................../s1/i;;;;;;32*1+1D. The second-order valence-corrected chi connectivity index (χ2v) is 40.3. The van der Waals surface area contributed by atoms with Crippen molar-refractivity contribution in [2.45, 2.75) is 159 Å². The second-order valence-electron chi connectivity index (χ2n) is 36.5. The molecule has 12 heterocycles. The SMILES string of the molecule is C.CNc1cc(F)cc2c1[nH]c1nc(Oc3cnc(C)nc3)nc(N3CC[C@]4(C[C@@H]4N)C3)c12.COc1ccc(CS(=O)(=O)c2nc(S(=O)(=O)Cc3ccc(OC)cc3)c3c(n2)[nH]c2c(N(C)C(=O)OC(C)(C)C)cc(F)cc23)cc1.Cc1ncc(O)cn1.Cc1ncc(Oc2nc(N3CC[C@]4(C[C@@H]4N)C3)c3c(n2)[nH]c2c(N(C)C(=O)OC(C)(C)C)cc(F)cc23)cn1.N[C@H]1C[C@]12CCNC2.[2H][2H].[2H][2H].[2H][2H].[2H][2H].[2H][2H].[2H][2H].[2H][2H].[2H][2H].[2H][2H].[2H][2H].[2H][2H].[2H][2H].[2H][2H].[2H][2H].[2H][2H].[2H][2H].[2H][2H].[2H][2H].[2H][2H].[2H][2H].[2H][2H].[2H][2H].[2H][2H].[2H][2H].[2H][2H].[2H][2H].[2H][2H].[2H][2H].[2H][2H].[2H][2H].[2H][2H].[2H][2H]. The Kier molecular flexibility index (Phi) is 17.4. The van der Waals surface area contributed by atoms with Gasteiger partial charge in [0.05, 0.1) is 113 Å². The van der Waals surface area contributed by atoms with Gasteiger partial charge < -0.3 is 86.1 Å². The zero-order valence-corrected chi connectivity index (χ0v) is 78.0. The van der Waals surface area contributed by atoms with Crippen LogP contribution in [0, 0.1) is 54.5 Å². The Balaban J connectivity index is -0.000000123. The van der Waals surface area contributed by atoms with Crippen LogP contribution in [0.5, 0.6) is 40.8 Å². The van der Waals surface area contributed by atoms with E-state index in [0.717, 1.165) is 85.2 Å². The Morgan fingerprint density at radius 2 is 0.926 bits per heavy atom. The Morgan fingerprint density at radius 1 is 0.541 bits per heavy atom. The molecular weight excluding hydrogens is 1780 g/mol. The normalized spacial score (nSPS) is 21.1. The number of fused-ring (bicyclic) bond motifs is 9. The fourth-order valence-electron chi connectivity index (χ4n) is 16.9. The maximum absolute atomic E-state index is 15.2. The fourth-order valence-corrected chi connectivity index (χ4v) is 19.7. The molecule has 6 fully saturated rings. The highest BCUT2D eigenvalue weighted by Crippen LogP contribution is 2.55. The number of aromatic hydroxyl groups is 1. The molecule has 14 aromatic rings. The molecule has 2 amide bonds. The summed E-state index contributed by atoms with van der Waals surface area (Å²) in [5.74, 6) is 2.51. The zero-order valence-electron chi connectivity index (χ0n) is 140. The number of sulfone groups is 2. The predicted octanol–water partition coefficient (Wildman–Crippen LogP) is 21.8. The average molecular weight is 2020 g/mol. The number of anilines is 5. The topological polar surface area (TPSA) is 495 Å². The summed E-state index contributed by atoms with van der Waals surface area (Å²) in [5.41, 5.74) is 21.4. The number of H-pyrrole nitrogens is 3. The van der Waals surface area contributed by atoms with Crippen molar-refractivity contribution >= 4 is 126 Å². The summed E-state index contributed by atoms with van der Waals surface area (Å²) in [5, 5.41) is 16.2. The molecule has 6 atom stereocenters. The van der Waals surface area contributed by atoms with Crippen LogP contribution in [0.3, 0.4) is 0 Å². The van der Waals surface area contributed by atoms with Gasteiger partial charge in [-0.25, -0.2) is 79.5 Å². The molecule has 135 heavy (non-hydrogen) atoms. The smallest absolute Gasteiger partial charge is 0.414 e. The number of aryl methyl sites for hydroxylation is 3. The van der Waals surface area contributed by atoms with Gasteiger partial charge in [0.25, 0.3) is 5.16 Å². The lowest BCUT2D eigenvalue weighted by molar-refractivity contribution is 0.0579. The third-order valence-corrected chi connectivity index (χ3v) is 27.5. The first-order chi connectivity index (χ1) is 95.5. The van der Waals surface area contributed by atoms with E-state index in [4.69, 9.17) is 156 Å². The predicted molar refractivity (Wildman–Crippen MR) is 573 cm³/mol. The Bertz CT molecular complexity index is 7210. The molecule has 12 N–H and O–H groups in total. The summed E-state index contributed by atoms with van der Waals surface area (Å²) < 4.78 is 453. The van der Waals surface area contributed by atoms with Crippen molar-refractivity contribution in [3.63, 3.8) is 0 Å². The van der Waals surface area contributed by atoms with Gasteiger partial charge in [-0.2, -0.15) is 19.9 Å². The van der Waals surface area contributed by atoms with Crippen molar-refractivity contribution in [1.29, 1.82) is 0 Å². The Hall–Kier alpha value is -13.6. The highest BCUT2D eigenvalue weighted by molar-refractivity contribution is 7.91. The third kappa shape index (κ3) is 20.9. The van der Waals surface area contributed by atoms with Crippen molar-refractivity contribution < 1.29 is 168 Å². The van der Waals surface area contributed by atoms with Crippen LogP contribution in [0.1, 0.15) is 211 Å². The van der Waals surface area contributed by atoms with Gasteiger partial charge in [0, 0.05) is 199 Å². The number of nitrogens with one attached hydrogen (secondary N) is 5. The molecule has 9 aromatic heterocycles. The van der Waals surface area contributed by atoms with Crippen molar-refractivity contribution in [2.24, 2.45) is 33.4 Å². The Labute approximate surface area is 875 Å². The van der Waals surface area contributed by atoms with E-state index in [1.54, 1.807) is 150 Å². The molecule has 3 saturated carbocycles. The Morgan fingerprint density at radius 3 is 1.30 bits per heavy atom. The molecule has 3 aliphatic heterocycles. The minimum absolute atomic E-state index is 0. The van der Waals surface area contributed by atoms with Gasteiger partial charge in [-0.1, -0.05) is 31.7 Å². The lowest BCUT2D eigenvalue weighted by Crippen LogP contribution is -2.34. The van der Waals surface area contributed by atoms with E-state index in [-0.39, 0.29) is 81.6 Å². The number of hydrogen-bond acceptors (Lipinski definition) is 32. The van der Waals surface area contributed by atoms with Crippen molar-refractivity contribution in [3.8, 4) is 40.8 Å². The molecular formula is C93H173F3N24O13S2. The first-order valence-electron chi connectivity index (χ1n) is 75.3. The van der Waals surface area contributed by atoms with Crippen LogP contribution < -0.4 is 66.4 Å². The molecule has 3 saturated heterocycles. The van der Waals surface area contributed by atoms with E-state index in [2.05, 4.69) is 85.2 Å². The molecule has 776 valence electrons. The maximum atomic E-state index is 15.2. The molecule has 3 spiro atoms. The maximum Gasteiger partial charge on any atom is 0.414 e. The first kappa shape index (κ1) is 62.8. The van der Waals surface area contributed by atoms with Gasteiger partial charge in [-0.15, -0.1) is 0 Å². The number of aromatic nitrogens is 15. The minimum Gasteiger partial charge on any atom is -0.505 e. The van der Waals surface area contributed by atoms with Crippen LogP contribution in [-0.4, -0.2) is 213 Å². The highest BCUT2D eigenvalue weighted by Gasteiger charge is 2.57. The monoisotopic (exact) mass is 2020 g/mol. The number of nitrogens with zero attached hydrogens (tertiary/aromatic N) is 16. The van der Waals surface area contributed by atoms with Gasteiger partial charge in [0.15, 0.2) is 22.3 Å². The van der Waals surface area contributed by atoms with Gasteiger partial charge in [-0.3, -0.25) is 9.80 Å². The summed E-state index contributed by atoms with van der Waals surface area (Å²) in [6.45, 7) is 21.2.